The number of anilines is 2. The molecule has 116 valence electrons. The van der Waals surface area contributed by atoms with E-state index >= 15 is 0 Å². The Hall–Kier alpha value is -1.36. The SMILES string of the molecule is CSC1CCCCC1Nc1ccc(C(=O)N(C)C)cc1N. The minimum Gasteiger partial charge on any atom is -0.397 e. The van der Waals surface area contributed by atoms with Gasteiger partial charge in [0.1, 0.15) is 0 Å². The first-order chi connectivity index (χ1) is 10.0. The summed E-state index contributed by atoms with van der Waals surface area (Å²) in [5.41, 5.74) is 8.34. The molecule has 21 heavy (non-hydrogen) atoms. The quantitative estimate of drug-likeness (QED) is 0.839. The van der Waals surface area contributed by atoms with Gasteiger partial charge in [-0.3, -0.25) is 4.79 Å². The number of thioether (sulfide) groups is 1. The van der Waals surface area contributed by atoms with Crippen molar-refractivity contribution < 1.29 is 4.79 Å². The van der Waals surface area contributed by atoms with Crippen LogP contribution in [-0.4, -0.2) is 42.4 Å². The predicted octanol–water partition coefficient (Wildman–Crippen LogP) is 3.06. The fourth-order valence-electron chi connectivity index (χ4n) is 2.83. The van der Waals surface area contributed by atoms with E-state index in [0.29, 0.717) is 22.5 Å². The molecule has 2 unspecified atom stereocenters. The molecule has 0 saturated heterocycles. The summed E-state index contributed by atoms with van der Waals surface area (Å²) in [6.07, 6.45) is 7.20. The van der Waals surface area contributed by atoms with Crippen molar-refractivity contribution in [3.05, 3.63) is 23.8 Å². The van der Waals surface area contributed by atoms with Gasteiger partial charge in [-0.2, -0.15) is 11.8 Å². The number of carbonyl (C=O) groups is 1. The number of hydrogen-bond acceptors (Lipinski definition) is 4. The van der Waals surface area contributed by atoms with Crippen molar-refractivity contribution in [3.63, 3.8) is 0 Å². The van der Waals surface area contributed by atoms with Gasteiger partial charge < -0.3 is 16.0 Å². The molecule has 0 heterocycles. The number of carbonyl (C=O) groups excluding carboxylic acids is 1. The Bertz CT molecular complexity index is 504. The van der Waals surface area contributed by atoms with Crippen LogP contribution in [0.1, 0.15) is 36.0 Å². The lowest BCUT2D eigenvalue weighted by atomic mass is 9.94. The van der Waals surface area contributed by atoms with E-state index in [9.17, 15) is 4.79 Å². The van der Waals surface area contributed by atoms with Crippen molar-refractivity contribution in [1.82, 2.24) is 4.90 Å². The minimum absolute atomic E-state index is 0.0205. The summed E-state index contributed by atoms with van der Waals surface area (Å²) in [5.74, 6) is -0.0205. The number of amides is 1. The van der Waals surface area contributed by atoms with Gasteiger partial charge in [-0.15, -0.1) is 0 Å². The van der Waals surface area contributed by atoms with Gasteiger partial charge in [-0.25, -0.2) is 0 Å². The summed E-state index contributed by atoms with van der Waals surface area (Å²) in [6, 6.07) is 6.00. The van der Waals surface area contributed by atoms with Crippen molar-refractivity contribution >= 4 is 29.0 Å². The standard InChI is InChI=1S/C16H25N3OS/c1-19(2)16(20)11-8-9-13(12(17)10-11)18-14-6-4-5-7-15(14)21-3/h8-10,14-15,18H,4-7,17H2,1-3H3. The molecule has 2 atom stereocenters. The van der Waals surface area contributed by atoms with Crippen molar-refractivity contribution in [3.8, 4) is 0 Å². The minimum atomic E-state index is -0.0205. The highest BCUT2D eigenvalue weighted by molar-refractivity contribution is 7.99. The summed E-state index contributed by atoms with van der Waals surface area (Å²) in [7, 11) is 3.49. The van der Waals surface area contributed by atoms with Crippen LogP contribution in [0.4, 0.5) is 11.4 Å². The zero-order valence-electron chi connectivity index (χ0n) is 13.1. The van der Waals surface area contributed by atoms with Crippen LogP contribution in [-0.2, 0) is 0 Å². The van der Waals surface area contributed by atoms with Crippen molar-refractivity contribution in [1.29, 1.82) is 0 Å². The van der Waals surface area contributed by atoms with Crippen LogP contribution in [0.2, 0.25) is 0 Å². The van der Waals surface area contributed by atoms with Crippen LogP contribution in [0, 0.1) is 0 Å². The van der Waals surface area contributed by atoms with E-state index in [1.54, 1.807) is 25.1 Å². The van der Waals surface area contributed by atoms with Gasteiger partial charge in [0.25, 0.3) is 5.91 Å². The lowest BCUT2D eigenvalue weighted by Crippen LogP contribution is -2.34. The second-order valence-electron chi connectivity index (χ2n) is 5.81. The number of nitrogens with two attached hydrogens (primary N) is 1. The zero-order valence-corrected chi connectivity index (χ0v) is 13.9. The molecule has 0 bridgehead atoms. The lowest BCUT2D eigenvalue weighted by Gasteiger charge is -2.32. The number of nitrogens with one attached hydrogen (secondary N) is 1. The molecule has 1 saturated carbocycles. The molecule has 1 aromatic rings. The second-order valence-corrected chi connectivity index (χ2v) is 6.89. The average molecular weight is 307 g/mol. The maximum atomic E-state index is 11.9. The molecule has 3 N–H and O–H groups in total. The topological polar surface area (TPSA) is 58.4 Å². The van der Waals surface area contributed by atoms with Gasteiger partial charge >= 0.3 is 0 Å². The summed E-state index contributed by atoms with van der Waals surface area (Å²) in [4.78, 5) is 13.5. The Morgan fingerprint density at radius 3 is 2.67 bits per heavy atom. The molecule has 4 nitrogen and oxygen atoms in total. The Morgan fingerprint density at radius 2 is 2.05 bits per heavy atom. The number of rotatable bonds is 4. The average Bonchev–Trinajstić information content (AvgIpc) is 2.49. The smallest absolute Gasteiger partial charge is 0.253 e. The van der Waals surface area contributed by atoms with Gasteiger partial charge in [-0.05, 0) is 37.3 Å². The maximum Gasteiger partial charge on any atom is 0.253 e. The van der Waals surface area contributed by atoms with Crippen molar-refractivity contribution in [2.75, 3.05) is 31.4 Å². The predicted molar refractivity (Wildman–Crippen MR) is 92.1 cm³/mol. The highest BCUT2D eigenvalue weighted by Crippen LogP contribution is 2.31. The largest absolute Gasteiger partial charge is 0.397 e. The molecule has 0 aliphatic heterocycles. The Morgan fingerprint density at radius 1 is 1.33 bits per heavy atom. The number of nitrogens with zero attached hydrogens (tertiary/aromatic N) is 1. The Kier molecular flexibility index (Phi) is 5.39. The third-order valence-electron chi connectivity index (χ3n) is 4.05. The van der Waals surface area contributed by atoms with Crippen LogP contribution in [0.15, 0.2) is 18.2 Å². The number of nitrogen functional groups attached to an aromatic ring is 1. The highest BCUT2D eigenvalue weighted by atomic mass is 32.2. The van der Waals surface area contributed by atoms with E-state index in [1.165, 1.54) is 25.7 Å². The maximum absolute atomic E-state index is 11.9. The van der Waals surface area contributed by atoms with Gasteiger partial charge in [-0.1, -0.05) is 12.8 Å². The van der Waals surface area contributed by atoms with E-state index in [1.807, 2.05) is 23.9 Å². The van der Waals surface area contributed by atoms with Crippen LogP contribution < -0.4 is 11.1 Å². The van der Waals surface area contributed by atoms with E-state index in [2.05, 4.69) is 11.6 Å². The number of benzene rings is 1. The molecule has 0 spiro atoms. The van der Waals surface area contributed by atoms with Crippen LogP contribution in [0.25, 0.3) is 0 Å². The van der Waals surface area contributed by atoms with Gasteiger partial charge in [0, 0.05) is 31.0 Å². The van der Waals surface area contributed by atoms with E-state index < -0.39 is 0 Å². The molecular weight excluding hydrogens is 282 g/mol. The van der Waals surface area contributed by atoms with Crippen molar-refractivity contribution in [2.45, 2.75) is 37.0 Å². The zero-order chi connectivity index (χ0) is 15.4. The molecule has 1 aliphatic rings. The van der Waals surface area contributed by atoms with Gasteiger partial charge in [0.15, 0.2) is 0 Å². The molecule has 1 fully saturated rings. The monoisotopic (exact) mass is 307 g/mol. The Labute approximate surface area is 131 Å². The van der Waals surface area contributed by atoms with Crippen LogP contribution in [0.3, 0.4) is 0 Å². The normalized spacial score (nSPS) is 21.9. The van der Waals surface area contributed by atoms with Gasteiger partial charge in [0.05, 0.1) is 11.4 Å². The second kappa shape index (κ2) is 7.07. The summed E-state index contributed by atoms with van der Waals surface area (Å²) in [5, 5.41) is 4.21. The first-order valence-corrected chi connectivity index (χ1v) is 8.72. The van der Waals surface area contributed by atoms with Crippen LogP contribution >= 0.6 is 11.8 Å². The first-order valence-electron chi connectivity index (χ1n) is 7.43. The molecule has 0 aromatic heterocycles. The van der Waals surface area contributed by atoms with Crippen LogP contribution in [0.5, 0.6) is 0 Å². The summed E-state index contributed by atoms with van der Waals surface area (Å²) in [6.45, 7) is 0. The fourth-order valence-corrected chi connectivity index (χ4v) is 3.76. The molecule has 0 radical (unpaired) electrons. The molecule has 5 heteroatoms. The van der Waals surface area contributed by atoms with E-state index in [0.717, 1.165) is 5.69 Å². The molecular formula is C16H25N3OS. The third kappa shape index (κ3) is 3.84. The van der Waals surface area contributed by atoms with Crippen molar-refractivity contribution in [2.24, 2.45) is 0 Å². The molecule has 2 rings (SSSR count). The highest BCUT2D eigenvalue weighted by Gasteiger charge is 2.24. The molecule has 1 aromatic carbocycles. The lowest BCUT2D eigenvalue weighted by molar-refractivity contribution is 0.0827. The number of hydrogen-bond donors (Lipinski definition) is 2. The third-order valence-corrected chi connectivity index (χ3v) is 5.22. The summed E-state index contributed by atoms with van der Waals surface area (Å²) < 4.78 is 0. The Balaban J connectivity index is 2.12. The van der Waals surface area contributed by atoms with E-state index in [4.69, 9.17) is 5.73 Å². The fraction of sp³-hybridized carbons (Fsp3) is 0.562. The molecule has 1 amide bonds. The van der Waals surface area contributed by atoms with Gasteiger partial charge in [0.2, 0.25) is 0 Å². The molecule has 1 aliphatic carbocycles. The van der Waals surface area contributed by atoms with E-state index in [-0.39, 0.29) is 5.91 Å². The first kappa shape index (κ1) is 16.0. The summed E-state index contributed by atoms with van der Waals surface area (Å²) >= 11 is 1.93.